The molecule has 1 aromatic heterocycles. The van der Waals surface area contributed by atoms with Gasteiger partial charge in [-0.05, 0) is 38.8 Å². The first-order chi connectivity index (χ1) is 10.2. The Hall–Kier alpha value is -1.45. The number of nitro groups is 1. The number of benzene rings is 1. The molecule has 0 saturated carbocycles. The molecule has 0 atom stereocenters. The van der Waals surface area contributed by atoms with Gasteiger partial charge in [0.05, 0.1) is 21.3 Å². The smallest absolute Gasteiger partial charge is 0.277 e. The number of hydrogen-bond acceptors (Lipinski definition) is 4. The molecule has 0 aliphatic rings. The van der Waals surface area contributed by atoms with Gasteiger partial charge in [0.1, 0.15) is 0 Å². The van der Waals surface area contributed by atoms with Crippen molar-refractivity contribution in [2.24, 2.45) is 7.05 Å². The van der Waals surface area contributed by atoms with Crippen molar-refractivity contribution in [1.29, 1.82) is 0 Å². The van der Waals surface area contributed by atoms with Crippen LogP contribution in [0.15, 0.2) is 21.1 Å². The van der Waals surface area contributed by atoms with E-state index in [2.05, 4.69) is 42.3 Å². The van der Waals surface area contributed by atoms with Crippen molar-refractivity contribution in [3.05, 3.63) is 47.6 Å². The van der Waals surface area contributed by atoms with Crippen molar-refractivity contribution in [2.75, 3.05) is 5.32 Å². The zero-order valence-electron chi connectivity index (χ0n) is 11.4. The summed E-state index contributed by atoms with van der Waals surface area (Å²) in [5, 5.41) is 17.7. The summed E-state index contributed by atoms with van der Waals surface area (Å²) in [4.78, 5) is 22.5. The summed E-state index contributed by atoms with van der Waals surface area (Å²) in [6.45, 7) is 1.74. The van der Waals surface area contributed by atoms with Crippen LogP contribution in [0.25, 0.3) is 0 Å². The zero-order valence-corrected chi connectivity index (χ0v) is 15.3. The molecule has 1 amide bonds. The number of amides is 1. The standard InChI is InChI=1S/C12H9Br2ClN4O3/c1-5-9(15)11(17-18(5)2)12(20)16-10-7(13)3-6(19(21)22)4-8(10)14/h3-4H,1-2H3,(H,16,20). The summed E-state index contributed by atoms with van der Waals surface area (Å²) in [6, 6.07) is 2.59. The highest BCUT2D eigenvalue weighted by molar-refractivity contribution is 9.11. The third-order valence-corrected chi connectivity index (χ3v) is 4.66. The van der Waals surface area contributed by atoms with Gasteiger partial charge < -0.3 is 5.32 Å². The molecular weight excluding hydrogens is 443 g/mol. The van der Waals surface area contributed by atoms with Gasteiger partial charge in [0, 0.05) is 28.1 Å². The first-order valence-electron chi connectivity index (χ1n) is 5.86. The molecule has 0 radical (unpaired) electrons. The number of nitro benzene ring substituents is 1. The summed E-state index contributed by atoms with van der Waals surface area (Å²) >= 11 is 12.5. The highest BCUT2D eigenvalue weighted by Crippen LogP contribution is 2.35. The maximum atomic E-state index is 12.3. The predicted molar refractivity (Wildman–Crippen MR) is 89.4 cm³/mol. The van der Waals surface area contributed by atoms with Gasteiger partial charge in [-0.25, -0.2) is 0 Å². The number of carbonyl (C=O) groups is 1. The number of anilines is 1. The molecule has 0 saturated heterocycles. The van der Waals surface area contributed by atoms with E-state index < -0.39 is 10.8 Å². The second-order valence-electron chi connectivity index (χ2n) is 4.37. The molecule has 1 heterocycles. The van der Waals surface area contributed by atoms with Crippen LogP contribution in [0.5, 0.6) is 0 Å². The quantitative estimate of drug-likeness (QED) is 0.562. The van der Waals surface area contributed by atoms with Crippen LogP contribution in [0.1, 0.15) is 16.2 Å². The van der Waals surface area contributed by atoms with Gasteiger partial charge in [0.25, 0.3) is 11.6 Å². The second-order valence-corrected chi connectivity index (χ2v) is 6.45. The Morgan fingerprint density at radius 3 is 2.36 bits per heavy atom. The molecule has 7 nitrogen and oxygen atoms in total. The highest BCUT2D eigenvalue weighted by atomic mass is 79.9. The van der Waals surface area contributed by atoms with Crippen LogP contribution in [0, 0.1) is 17.0 Å². The number of carbonyl (C=O) groups excluding carboxylic acids is 1. The average Bonchev–Trinajstić information content (AvgIpc) is 2.70. The van der Waals surface area contributed by atoms with E-state index >= 15 is 0 Å². The van der Waals surface area contributed by atoms with Gasteiger partial charge in [-0.15, -0.1) is 0 Å². The minimum Gasteiger partial charge on any atom is -0.319 e. The van der Waals surface area contributed by atoms with Crippen LogP contribution in [-0.2, 0) is 7.05 Å². The Morgan fingerprint density at radius 2 is 1.95 bits per heavy atom. The first-order valence-corrected chi connectivity index (χ1v) is 7.82. The third-order valence-electron chi connectivity index (χ3n) is 2.95. The maximum Gasteiger partial charge on any atom is 0.277 e. The van der Waals surface area contributed by atoms with Crippen LogP contribution in [0.3, 0.4) is 0 Å². The second kappa shape index (κ2) is 6.35. The van der Waals surface area contributed by atoms with Crippen LogP contribution in [0.2, 0.25) is 5.02 Å². The Morgan fingerprint density at radius 1 is 1.41 bits per heavy atom. The van der Waals surface area contributed by atoms with E-state index in [9.17, 15) is 14.9 Å². The van der Waals surface area contributed by atoms with Crippen molar-refractivity contribution in [1.82, 2.24) is 9.78 Å². The van der Waals surface area contributed by atoms with Crippen molar-refractivity contribution in [3.8, 4) is 0 Å². The largest absolute Gasteiger partial charge is 0.319 e. The fourth-order valence-corrected chi connectivity index (χ4v) is 3.29. The Labute approximate surface area is 147 Å². The molecule has 1 N–H and O–H groups in total. The van der Waals surface area contributed by atoms with E-state index in [1.54, 1.807) is 14.0 Å². The first kappa shape index (κ1) is 16.9. The van der Waals surface area contributed by atoms with Crippen molar-refractivity contribution in [2.45, 2.75) is 6.92 Å². The molecule has 10 heteroatoms. The molecule has 0 fully saturated rings. The lowest BCUT2D eigenvalue weighted by Crippen LogP contribution is -2.14. The lowest BCUT2D eigenvalue weighted by molar-refractivity contribution is -0.385. The van der Waals surface area contributed by atoms with Crippen LogP contribution < -0.4 is 5.32 Å². The van der Waals surface area contributed by atoms with Gasteiger partial charge in [-0.2, -0.15) is 5.10 Å². The summed E-state index contributed by atoms with van der Waals surface area (Å²) in [6.07, 6.45) is 0. The molecule has 1 aromatic carbocycles. The number of hydrogen-bond donors (Lipinski definition) is 1. The molecule has 0 bridgehead atoms. The summed E-state index contributed by atoms with van der Waals surface area (Å²) in [5.41, 5.74) is 0.992. The topological polar surface area (TPSA) is 90.1 Å². The zero-order chi connectivity index (χ0) is 16.6. The van der Waals surface area contributed by atoms with Crippen LogP contribution in [0.4, 0.5) is 11.4 Å². The third kappa shape index (κ3) is 3.16. The van der Waals surface area contributed by atoms with Crippen molar-refractivity contribution >= 4 is 60.7 Å². The molecule has 2 rings (SSSR count). The van der Waals surface area contributed by atoms with Gasteiger partial charge in [-0.3, -0.25) is 19.6 Å². The summed E-state index contributed by atoms with van der Waals surface area (Å²) in [5.74, 6) is -0.510. The Balaban J connectivity index is 2.36. The monoisotopic (exact) mass is 450 g/mol. The number of nitrogens with zero attached hydrogens (tertiary/aromatic N) is 3. The van der Waals surface area contributed by atoms with Crippen LogP contribution >= 0.6 is 43.5 Å². The number of aromatic nitrogens is 2. The number of nitrogens with one attached hydrogen (secondary N) is 1. The lowest BCUT2D eigenvalue weighted by Gasteiger charge is -2.08. The molecule has 0 unspecified atom stereocenters. The molecule has 0 spiro atoms. The number of halogens is 3. The number of aryl methyl sites for hydroxylation is 1. The lowest BCUT2D eigenvalue weighted by atomic mass is 10.2. The molecule has 0 aliphatic heterocycles. The van der Waals surface area contributed by atoms with Crippen LogP contribution in [-0.4, -0.2) is 20.6 Å². The van der Waals surface area contributed by atoms with E-state index in [0.717, 1.165) is 0 Å². The Kier molecular flexibility index (Phi) is 4.88. The van der Waals surface area contributed by atoms with E-state index in [1.807, 2.05) is 0 Å². The molecule has 0 aliphatic carbocycles. The average molecular weight is 452 g/mol. The molecular formula is C12H9Br2ClN4O3. The predicted octanol–water partition coefficient (Wildman–Crippen LogP) is 4.07. The van der Waals surface area contributed by atoms with Crippen molar-refractivity contribution < 1.29 is 9.72 Å². The van der Waals surface area contributed by atoms with Gasteiger partial charge >= 0.3 is 0 Å². The van der Waals surface area contributed by atoms with E-state index in [-0.39, 0.29) is 16.4 Å². The van der Waals surface area contributed by atoms with Crippen molar-refractivity contribution in [3.63, 3.8) is 0 Å². The molecule has 22 heavy (non-hydrogen) atoms. The van der Waals surface area contributed by atoms with E-state index in [4.69, 9.17) is 11.6 Å². The van der Waals surface area contributed by atoms with Gasteiger partial charge in [-0.1, -0.05) is 11.6 Å². The van der Waals surface area contributed by atoms with E-state index in [0.29, 0.717) is 20.3 Å². The summed E-state index contributed by atoms with van der Waals surface area (Å²) in [7, 11) is 1.68. The van der Waals surface area contributed by atoms with Gasteiger partial charge in [0.15, 0.2) is 5.69 Å². The van der Waals surface area contributed by atoms with E-state index in [1.165, 1.54) is 16.8 Å². The summed E-state index contributed by atoms with van der Waals surface area (Å²) < 4.78 is 2.23. The Bertz CT molecular complexity index is 768. The fraction of sp³-hybridized carbons (Fsp3) is 0.167. The highest BCUT2D eigenvalue weighted by Gasteiger charge is 2.21. The SMILES string of the molecule is Cc1c(Cl)c(C(=O)Nc2c(Br)cc([N+](=O)[O-])cc2Br)nn1C. The molecule has 2 aromatic rings. The molecule has 116 valence electrons. The number of non-ortho nitro benzene ring substituents is 1. The number of rotatable bonds is 3. The fourth-order valence-electron chi connectivity index (χ4n) is 1.68. The van der Waals surface area contributed by atoms with Gasteiger partial charge in [0.2, 0.25) is 0 Å². The minimum absolute atomic E-state index is 0.0822. The minimum atomic E-state index is -0.528. The maximum absolute atomic E-state index is 12.3. The normalized spacial score (nSPS) is 10.6.